The van der Waals surface area contributed by atoms with Crippen molar-refractivity contribution in [1.82, 2.24) is 20.1 Å². The Morgan fingerprint density at radius 1 is 1.21 bits per heavy atom. The Hall–Kier alpha value is -3.19. The molecule has 2 aliphatic rings. The van der Waals surface area contributed by atoms with E-state index in [0.29, 0.717) is 11.3 Å². The van der Waals surface area contributed by atoms with Gasteiger partial charge in [0.15, 0.2) is 5.78 Å². The number of aliphatic hydroxyl groups is 1. The molecule has 142 valence electrons. The molecule has 1 unspecified atom stereocenters. The van der Waals surface area contributed by atoms with E-state index in [4.69, 9.17) is 4.42 Å². The van der Waals surface area contributed by atoms with E-state index in [9.17, 15) is 9.90 Å². The summed E-state index contributed by atoms with van der Waals surface area (Å²) in [6.07, 6.45) is 5.70. The molecule has 7 nitrogen and oxygen atoms in total. The molecule has 0 fully saturated rings. The number of fused-ring (bicyclic) bond motifs is 1. The molecule has 0 saturated heterocycles. The van der Waals surface area contributed by atoms with Crippen LogP contribution in [0.5, 0.6) is 0 Å². The molecule has 1 aliphatic carbocycles. The van der Waals surface area contributed by atoms with E-state index in [1.54, 1.807) is 23.3 Å². The van der Waals surface area contributed by atoms with Gasteiger partial charge in [-0.2, -0.15) is 5.10 Å². The summed E-state index contributed by atoms with van der Waals surface area (Å²) in [6, 6.07) is 10.8. The van der Waals surface area contributed by atoms with Crippen LogP contribution in [0.15, 0.2) is 71.1 Å². The van der Waals surface area contributed by atoms with Crippen molar-refractivity contribution in [2.75, 3.05) is 6.54 Å². The van der Waals surface area contributed by atoms with Crippen LogP contribution >= 0.6 is 0 Å². The Bertz CT molecular complexity index is 1020. The fourth-order valence-corrected chi connectivity index (χ4v) is 4.41. The highest BCUT2D eigenvalue weighted by Crippen LogP contribution is 2.45. The van der Waals surface area contributed by atoms with E-state index in [-0.39, 0.29) is 29.9 Å². The fourth-order valence-electron chi connectivity index (χ4n) is 4.41. The number of allylic oxidation sites excluding steroid dienone is 1. The Kier molecular flexibility index (Phi) is 4.09. The maximum Gasteiger partial charge on any atom is 0.165 e. The largest absolute Gasteiger partial charge is 0.510 e. The standard InChI is InChI=1S/C21H20N4O3/c26-16-10-15(17-6-3-9-28-17)20(25-12-22-11-24-25)21(27)18(16)19-14-5-2-1-4-13(14)7-8-23-19/h1-6,9,11-12,15,19-20,23,27H,7-8,10H2/t15?,19-,20-/m0/s1. The number of carbonyl (C=O) groups is 1. The molecule has 7 heteroatoms. The van der Waals surface area contributed by atoms with Gasteiger partial charge in [-0.3, -0.25) is 4.79 Å². The first-order chi connectivity index (χ1) is 13.7. The summed E-state index contributed by atoms with van der Waals surface area (Å²) in [5.41, 5.74) is 2.65. The Balaban J connectivity index is 1.65. The third-order valence-electron chi connectivity index (χ3n) is 5.67. The van der Waals surface area contributed by atoms with Crippen LogP contribution in [0, 0.1) is 0 Å². The van der Waals surface area contributed by atoms with Gasteiger partial charge in [-0.15, -0.1) is 0 Å². The number of carbonyl (C=O) groups excluding carboxylic acids is 1. The second kappa shape index (κ2) is 6.76. The summed E-state index contributed by atoms with van der Waals surface area (Å²) in [5, 5.41) is 19.0. The molecule has 0 saturated carbocycles. The lowest BCUT2D eigenvalue weighted by atomic mass is 9.76. The molecule has 2 N–H and O–H groups in total. The second-order valence-corrected chi connectivity index (χ2v) is 7.20. The molecule has 28 heavy (non-hydrogen) atoms. The average Bonchev–Trinajstić information content (AvgIpc) is 3.42. The SMILES string of the molecule is O=C1CC(c2ccco2)[C@H](n2cncn2)C(O)=C1[C@H]1NCCc2ccccc21. The monoisotopic (exact) mass is 376 g/mol. The van der Waals surface area contributed by atoms with E-state index in [1.807, 2.05) is 24.3 Å². The zero-order valence-electron chi connectivity index (χ0n) is 15.2. The van der Waals surface area contributed by atoms with Crippen molar-refractivity contribution in [3.63, 3.8) is 0 Å². The van der Waals surface area contributed by atoms with Crippen molar-refractivity contribution < 1.29 is 14.3 Å². The van der Waals surface area contributed by atoms with E-state index in [1.165, 1.54) is 11.9 Å². The third kappa shape index (κ3) is 2.66. The zero-order chi connectivity index (χ0) is 19.1. The molecule has 0 bridgehead atoms. The summed E-state index contributed by atoms with van der Waals surface area (Å²) in [5.74, 6) is 0.255. The number of furan rings is 1. The first kappa shape index (κ1) is 16.9. The van der Waals surface area contributed by atoms with Crippen LogP contribution in [0.2, 0.25) is 0 Å². The first-order valence-electron chi connectivity index (χ1n) is 9.39. The van der Waals surface area contributed by atoms with Crippen LogP contribution in [-0.2, 0) is 11.2 Å². The number of Topliss-reactive ketones (excluding diaryl/α,β-unsaturated/α-hetero) is 1. The van der Waals surface area contributed by atoms with Crippen molar-refractivity contribution >= 4 is 5.78 Å². The molecule has 5 rings (SSSR count). The van der Waals surface area contributed by atoms with Crippen molar-refractivity contribution in [2.45, 2.75) is 30.8 Å². The van der Waals surface area contributed by atoms with Gasteiger partial charge in [0, 0.05) is 13.0 Å². The van der Waals surface area contributed by atoms with Gasteiger partial charge < -0.3 is 14.8 Å². The molecule has 3 heterocycles. The topological polar surface area (TPSA) is 93.2 Å². The van der Waals surface area contributed by atoms with Crippen LogP contribution in [0.25, 0.3) is 0 Å². The summed E-state index contributed by atoms with van der Waals surface area (Å²) in [7, 11) is 0. The van der Waals surface area contributed by atoms with E-state index in [0.717, 1.165) is 18.5 Å². The minimum absolute atomic E-state index is 0.0253. The number of ketones is 1. The number of nitrogens with zero attached hydrogens (tertiary/aromatic N) is 3. The molecule has 0 radical (unpaired) electrons. The molecule has 1 aromatic carbocycles. The van der Waals surface area contributed by atoms with Crippen LogP contribution in [0.1, 0.15) is 41.3 Å². The summed E-state index contributed by atoms with van der Waals surface area (Å²) >= 11 is 0. The predicted octanol–water partition coefficient (Wildman–Crippen LogP) is 2.87. The van der Waals surface area contributed by atoms with Crippen molar-refractivity contribution in [3.8, 4) is 0 Å². The molecule has 0 spiro atoms. The number of nitrogens with one attached hydrogen (secondary N) is 1. The normalized spacial score (nSPS) is 25.0. The van der Waals surface area contributed by atoms with Crippen LogP contribution in [0.4, 0.5) is 0 Å². The van der Waals surface area contributed by atoms with Gasteiger partial charge in [-0.05, 0) is 29.7 Å². The van der Waals surface area contributed by atoms with Gasteiger partial charge in [0.25, 0.3) is 0 Å². The number of hydrogen-bond acceptors (Lipinski definition) is 6. The molecule has 1 aliphatic heterocycles. The minimum Gasteiger partial charge on any atom is -0.510 e. The predicted molar refractivity (Wildman–Crippen MR) is 101 cm³/mol. The molecular weight excluding hydrogens is 356 g/mol. The van der Waals surface area contributed by atoms with Crippen LogP contribution < -0.4 is 5.32 Å². The molecular formula is C21H20N4O3. The lowest BCUT2D eigenvalue weighted by molar-refractivity contribution is -0.117. The van der Waals surface area contributed by atoms with Gasteiger partial charge >= 0.3 is 0 Å². The highest BCUT2D eigenvalue weighted by atomic mass is 16.3. The quantitative estimate of drug-likeness (QED) is 0.730. The average molecular weight is 376 g/mol. The second-order valence-electron chi connectivity index (χ2n) is 7.20. The maximum atomic E-state index is 13.2. The smallest absolute Gasteiger partial charge is 0.165 e. The number of benzene rings is 1. The summed E-state index contributed by atoms with van der Waals surface area (Å²) in [4.78, 5) is 17.2. The number of hydrogen-bond donors (Lipinski definition) is 2. The minimum atomic E-state index is -0.544. The Morgan fingerprint density at radius 3 is 2.89 bits per heavy atom. The highest BCUT2D eigenvalue weighted by molar-refractivity contribution is 5.99. The summed E-state index contributed by atoms with van der Waals surface area (Å²) < 4.78 is 7.17. The zero-order valence-corrected chi connectivity index (χ0v) is 15.2. The lowest BCUT2D eigenvalue weighted by Crippen LogP contribution is -2.38. The molecule has 3 aromatic rings. The van der Waals surface area contributed by atoms with Gasteiger partial charge in [0.05, 0.1) is 23.8 Å². The molecule has 0 amide bonds. The number of aromatic nitrogens is 3. The van der Waals surface area contributed by atoms with E-state index in [2.05, 4.69) is 21.5 Å². The van der Waals surface area contributed by atoms with Gasteiger partial charge in [-0.25, -0.2) is 9.67 Å². The van der Waals surface area contributed by atoms with Crippen molar-refractivity contribution in [3.05, 3.63) is 83.5 Å². The lowest BCUT2D eigenvalue weighted by Gasteiger charge is -2.35. The number of aliphatic hydroxyl groups excluding tert-OH is 1. The van der Waals surface area contributed by atoms with E-state index >= 15 is 0 Å². The Labute approximate surface area is 161 Å². The first-order valence-corrected chi connectivity index (χ1v) is 9.39. The van der Waals surface area contributed by atoms with Gasteiger partial charge in [0.2, 0.25) is 0 Å². The molecule has 3 atom stereocenters. The van der Waals surface area contributed by atoms with Crippen LogP contribution in [-0.4, -0.2) is 32.2 Å². The number of rotatable bonds is 3. The van der Waals surface area contributed by atoms with Gasteiger partial charge in [0.1, 0.15) is 30.2 Å². The van der Waals surface area contributed by atoms with E-state index < -0.39 is 6.04 Å². The van der Waals surface area contributed by atoms with Crippen LogP contribution in [0.3, 0.4) is 0 Å². The van der Waals surface area contributed by atoms with Crippen molar-refractivity contribution in [2.24, 2.45) is 0 Å². The summed E-state index contributed by atoms with van der Waals surface area (Å²) in [6.45, 7) is 0.751. The molecule has 2 aromatic heterocycles. The Morgan fingerprint density at radius 2 is 2.11 bits per heavy atom. The fraction of sp³-hybridized carbons (Fsp3) is 0.286. The van der Waals surface area contributed by atoms with Gasteiger partial charge in [-0.1, -0.05) is 24.3 Å². The van der Waals surface area contributed by atoms with Crippen molar-refractivity contribution in [1.29, 1.82) is 0 Å². The maximum absolute atomic E-state index is 13.2. The third-order valence-corrected chi connectivity index (χ3v) is 5.67. The highest BCUT2D eigenvalue weighted by Gasteiger charge is 2.43.